The van der Waals surface area contributed by atoms with E-state index in [-0.39, 0.29) is 0 Å². The van der Waals surface area contributed by atoms with Crippen molar-refractivity contribution >= 4 is 5.97 Å². The van der Waals surface area contributed by atoms with Gasteiger partial charge in [0.05, 0.1) is 11.6 Å². The SMILES string of the molecule is N#Cc1ccc(-c2cccc3c2OCCNC3)cc1.O=C(O)C(F)(F)F. The van der Waals surface area contributed by atoms with Crippen LogP contribution >= 0.6 is 0 Å². The van der Waals surface area contributed by atoms with Crippen molar-refractivity contribution in [3.63, 3.8) is 0 Å². The number of halogens is 3. The molecule has 26 heavy (non-hydrogen) atoms. The molecule has 0 aliphatic carbocycles. The Bertz CT molecular complexity index is 812. The molecule has 0 saturated carbocycles. The van der Waals surface area contributed by atoms with E-state index in [4.69, 9.17) is 19.9 Å². The number of para-hydroxylation sites is 1. The smallest absolute Gasteiger partial charge is 0.490 e. The van der Waals surface area contributed by atoms with Crippen molar-refractivity contribution in [2.24, 2.45) is 0 Å². The standard InChI is InChI=1S/C16H14N2O.C2HF3O2/c17-10-12-4-6-13(7-5-12)15-3-1-2-14-11-18-8-9-19-16(14)15;3-2(4,5)1(6)7/h1-7,18H,8-9,11H2;(H,6,7). The number of carboxylic acids is 1. The Morgan fingerprint density at radius 2 is 1.85 bits per heavy atom. The largest absolute Gasteiger partial charge is 0.491 e. The lowest BCUT2D eigenvalue weighted by atomic mass is 10.0. The van der Waals surface area contributed by atoms with E-state index in [2.05, 4.69) is 23.5 Å². The van der Waals surface area contributed by atoms with Gasteiger partial charge in [0.25, 0.3) is 0 Å². The van der Waals surface area contributed by atoms with Crippen molar-refractivity contribution in [1.29, 1.82) is 5.26 Å². The number of alkyl halides is 3. The summed E-state index contributed by atoms with van der Waals surface area (Å²) in [5, 5.41) is 19.3. The third kappa shape index (κ3) is 4.97. The maximum Gasteiger partial charge on any atom is 0.490 e. The van der Waals surface area contributed by atoms with Gasteiger partial charge in [-0.2, -0.15) is 18.4 Å². The number of fused-ring (bicyclic) bond motifs is 1. The first-order valence-electron chi connectivity index (χ1n) is 7.59. The lowest BCUT2D eigenvalue weighted by Crippen LogP contribution is -2.21. The van der Waals surface area contributed by atoms with Crippen LogP contribution in [0.25, 0.3) is 11.1 Å². The lowest BCUT2D eigenvalue weighted by Gasteiger charge is -2.12. The van der Waals surface area contributed by atoms with Crippen LogP contribution in [0.1, 0.15) is 11.1 Å². The maximum absolute atomic E-state index is 10.6. The normalized spacial score (nSPS) is 13.2. The highest BCUT2D eigenvalue weighted by Crippen LogP contribution is 2.34. The molecule has 2 aromatic carbocycles. The fraction of sp³-hybridized carbons (Fsp3) is 0.222. The molecule has 0 amide bonds. The highest BCUT2D eigenvalue weighted by atomic mass is 19.4. The molecule has 0 saturated heterocycles. The van der Waals surface area contributed by atoms with E-state index in [0.717, 1.165) is 30.0 Å². The molecule has 1 aliphatic rings. The molecule has 2 N–H and O–H groups in total. The van der Waals surface area contributed by atoms with Crippen LogP contribution in [0.2, 0.25) is 0 Å². The summed E-state index contributed by atoms with van der Waals surface area (Å²) < 4.78 is 37.6. The summed E-state index contributed by atoms with van der Waals surface area (Å²) in [6.07, 6.45) is -5.08. The summed E-state index contributed by atoms with van der Waals surface area (Å²) in [7, 11) is 0. The Morgan fingerprint density at radius 1 is 1.19 bits per heavy atom. The molecular formula is C18H15F3N2O3. The minimum atomic E-state index is -5.08. The zero-order valence-corrected chi connectivity index (χ0v) is 13.5. The van der Waals surface area contributed by atoms with E-state index in [1.54, 1.807) is 0 Å². The monoisotopic (exact) mass is 364 g/mol. The van der Waals surface area contributed by atoms with Crippen LogP contribution in [0.5, 0.6) is 5.75 Å². The van der Waals surface area contributed by atoms with Gasteiger partial charge >= 0.3 is 12.1 Å². The number of nitrogens with zero attached hydrogens (tertiary/aromatic N) is 1. The van der Waals surface area contributed by atoms with Crippen molar-refractivity contribution < 1.29 is 27.8 Å². The zero-order chi connectivity index (χ0) is 19.2. The van der Waals surface area contributed by atoms with Crippen molar-refractivity contribution in [2.45, 2.75) is 12.7 Å². The quantitative estimate of drug-likeness (QED) is 0.811. The van der Waals surface area contributed by atoms with Gasteiger partial charge in [-0.05, 0) is 17.7 Å². The Balaban J connectivity index is 0.000000298. The van der Waals surface area contributed by atoms with Crippen LogP contribution < -0.4 is 10.1 Å². The van der Waals surface area contributed by atoms with Gasteiger partial charge < -0.3 is 15.2 Å². The molecule has 3 rings (SSSR count). The first kappa shape index (κ1) is 19.3. The van der Waals surface area contributed by atoms with Crippen molar-refractivity contribution in [3.05, 3.63) is 53.6 Å². The first-order chi connectivity index (χ1) is 12.3. The third-order valence-electron chi connectivity index (χ3n) is 3.50. The van der Waals surface area contributed by atoms with E-state index in [1.807, 2.05) is 30.3 Å². The van der Waals surface area contributed by atoms with Gasteiger partial charge in [0, 0.05) is 24.2 Å². The average Bonchev–Trinajstić information content (AvgIpc) is 2.87. The lowest BCUT2D eigenvalue weighted by molar-refractivity contribution is -0.192. The van der Waals surface area contributed by atoms with Crippen molar-refractivity contribution in [3.8, 4) is 22.9 Å². The Morgan fingerprint density at radius 3 is 2.42 bits per heavy atom. The summed E-state index contributed by atoms with van der Waals surface area (Å²) in [5.41, 5.74) is 4.02. The second kappa shape index (κ2) is 8.36. The number of ether oxygens (including phenoxy) is 1. The predicted octanol–water partition coefficient (Wildman–Crippen LogP) is 3.34. The molecule has 0 radical (unpaired) electrons. The fourth-order valence-electron chi connectivity index (χ4n) is 2.29. The molecule has 1 aliphatic heterocycles. The van der Waals surface area contributed by atoms with Gasteiger partial charge in [-0.3, -0.25) is 0 Å². The van der Waals surface area contributed by atoms with Gasteiger partial charge in [0.1, 0.15) is 12.4 Å². The molecule has 0 atom stereocenters. The zero-order valence-electron chi connectivity index (χ0n) is 13.5. The topological polar surface area (TPSA) is 82.3 Å². The number of rotatable bonds is 1. The molecule has 0 unspecified atom stereocenters. The van der Waals surface area contributed by atoms with E-state index in [0.29, 0.717) is 12.2 Å². The fourth-order valence-corrected chi connectivity index (χ4v) is 2.29. The Kier molecular flexibility index (Phi) is 6.20. The van der Waals surface area contributed by atoms with E-state index in [1.165, 1.54) is 5.56 Å². The molecule has 0 bridgehead atoms. The van der Waals surface area contributed by atoms with Crippen LogP contribution in [0.4, 0.5) is 13.2 Å². The number of hydrogen-bond acceptors (Lipinski definition) is 4. The number of aliphatic carboxylic acids is 1. The van der Waals surface area contributed by atoms with Gasteiger partial charge in [0.2, 0.25) is 0 Å². The summed E-state index contributed by atoms with van der Waals surface area (Å²) in [4.78, 5) is 8.90. The Labute approximate surface area is 147 Å². The predicted molar refractivity (Wildman–Crippen MR) is 87.5 cm³/mol. The summed E-state index contributed by atoms with van der Waals surface area (Å²) in [5.74, 6) is -1.80. The molecule has 0 fully saturated rings. The van der Waals surface area contributed by atoms with Crippen molar-refractivity contribution in [2.75, 3.05) is 13.2 Å². The molecule has 5 nitrogen and oxygen atoms in total. The minimum Gasteiger partial charge on any atom is -0.491 e. The molecule has 8 heteroatoms. The number of carbonyl (C=O) groups is 1. The van der Waals surface area contributed by atoms with Crippen LogP contribution in [0.3, 0.4) is 0 Å². The summed E-state index contributed by atoms with van der Waals surface area (Å²) in [6, 6.07) is 15.9. The van der Waals surface area contributed by atoms with Crippen LogP contribution in [0.15, 0.2) is 42.5 Å². The van der Waals surface area contributed by atoms with E-state index >= 15 is 0 Å². The number of nitriles is 1. The van der Waals surface area contributed by atoms with Gasteiger partial charge in [-0.25, -0.2) is 4.79 Å². The molecular weight excluding hydrogens is 349 g/mol. The highest BCUT2D eigenvalue weighted by Gasteiger charge is 2.38. The number of benzene rings is 2. The molecule has 0 aromatic heterocycles. The molecule has 2 aromatic rings. The second-order valence-electron chi connectivity index (χ2n) is 5.31. The average molecular weight is 364 g/mol. The maximum atomic E-state index is 10.6. The molecule has 1 heterocycles. The third-order valence-corrected chi connectivity index (χ3v) is 3.50. The molecule has 136 valence electrons. The number of hydrogen-bond donors (Lipinski definition) is 2. The second-order valence-corrected chi connectivity index (χ2v) is 5.31. The van der Waals surface area contributed by atoms with Crippen molar-refractivity contribution in [1.82, 2.24) is 5.32 Å². The number of carboxylic acid groups (broad SMARTS) is 1. The number of nitrogens with one attached hydrogen (secondary N) is 1. The highest BCUT2D eigenvalue weighted by molar-refractivity contribution is 5.73. The van der Waals surface area contributed by atoms with Crippen LogP contribution in [0, 0.1) is 11.3 Å². The first-order valence-corrected chi connectivity index (χ1v) is 7.59. The summed E-state index contributed by atoms with van der Waals surface area (Å²) in [6.45, 7) is 2.38. The molecule has 0 spiro atoms. The summed E-state index contributed by atoms with van der Waals surface area (Å²) >= 11 is 0. The Hall–Kier alpha value is -3.05. The van der Waals surface area contributed by atoms with E-state index in [9.17, 15) is 13.2 Å². The minimum absolute atomic E-state index is 0.674. The van der Waals surface area contributed by atoms with Gasteiger partial charge in [0.15, 0.2) is 0 Å². The van der Waals surface area contributed by atoms with Gasteiger partial charge in [-0.15, -0.1) is 0 Å². The van der Waals surface area contributed by atoms with E-state index < -0.39 is 12.1 Å². The van der Waals surface area contributed by atoms with Crippen LogP contribution in [-0.2, 0) is 11.3 Å². The van der Waals surface area contributed by atoms with Gasteiger partial charge in [-0.1, -0.05) is 30.3 Å². The van der Waals surface area contributed by atoms with Crippen LogP contribution in [-0.4, -0.2) is 30.4 Å².